The van der Waals surface area contributed by atoms with Gasteiger partial charge >= 0.3 is 5.69 Å². The quantitative estimate of drug-likeness (QED) is 0.393. The number of Topliss-reactive ketones (excluding diaryl/α,β-unsaturated/α-hetero) is 1. The Morgan fingerprint density at radius 1 is 1.50 bits per heavy atom. The Balaban J connectivity index is 2.24. The Bertz CT molecular complexity index is 559. The fourth-order valence-corrected chi connectivity index (χ4v) is 1.94. The molecular formula is C11H15N3O6. The van der Waals surface area contributed by atoms with Crippen LogP contribution in [0.4, 0.5) is 5.82 Å². The normalized spacial score (nSPS) is 29.4. The Hall–Kier alpha value is -1.81. The fraction of sp³-hybridized carbons (Fsp3) is 0.545. The van der Waals surface area contributed by atoms with E-state index in [4.69, 9.17) is 9.84 Å². The first-order valence-corrected chi connectivity index (χ1v) is 5.93. The van der Waals surface area contributed by atoms with E-state index in [1.807, 2.05) is 0 Å². The van der Waals surface area contributed by atoms with Crippen LogP contribution in [-0.2, 0) is 4.74 Å². The molecule has 0 aliphatic carbocycles. The molecule has 1 aliphatic heterocycles. The molecule has 0 radical (unpaired) electrons. The SMILES string of the molecule is CC(=O)c1cnc(=O)[nH]c1N[C@@H]1O[C@H](CO)[C@H](O)[C@H]1O. The third-order valence-electron chi connectivity index (χ3n) is 3.02. The molecule has 0 aromatic carbocycles. The number of aromatic nitrogens is 2. The van der Waals surface area contributed by atoms with Gasteiger partial charge in [-0.25, -0.2) is 9.78 Å². The van der Waals surface area contributed by atoms with Crippen LogP contribution in [0.2, 0.25) is 0 Å². The van der Waals surface area contributed by atoms with Gasteiger partial charge in [-0.05, 0) is 6.92 Å². The average Bonchev–Trinajstić information content (AvgIpc) is 2.66. The summed E-state index contributed by atoms with van der Waals surface area (Å²) in [4.78, 5) is 28.4. The van der Waals surface area contributed by atoms with E-state index in [1.54, 1.807) is 0 Å². The number of aromatic amines is 1. The van der Waals surface area contributed by atoms with Crippen molar-refractivity contribution < 1.29 is 24.9 Å². The lowest BCUT2D eigenvalue weighted by Gasteiger charge is -2.18. The van der Waals surface area contributed by atoms with Crippen LogP contribution >= 0.6 is 0 Å². The summed E-state index contributed by atoms with van der Waals surface area (Å²) < 4.78 is 5.20. The van der Waals surface area contributed by atoms with Crippen LogP contribution in [0.25, 0.3) is 0 Å². The zero-order valence-electron chi connectivity index (χ0n) is 10.6. The van der Waals surface area contributed by atoms with E-state index in [1.165, 1.54) is 6.92 Å². The number of anilines is 1. The van der Waals surface area contributed by atoms with Crippen LogP contribution < -0.4 is 11.0 Å². The van der Waals surface area contributed by atoms with Crippen molar-refractivity contribution in [1.29, 1.82) is 0 Å². The summed E-state index contributed by atoms with van der Waals surface area (Å²) >= 11 is 0. The summed E-state index contributed by atoms with van der Waals surface area (Å²) in [7, 11) is 0. The number of hydrogen-bond acceptors (Lipinski definition) is 8. The summed E-state index contributed by atoms with van der Waals surface area (Å²) in [6.45, 7) is 0.820. The van der Waals surface area contributed by atoms with Gasteiger partial charge in [-0.3, -0.25) is 9.78 Å². The second kappa shape index (κ2) is 5.67. The number of nitrogens with one attached hydrogen (secondary N) is 2. The molecule has 1 fully saturated rings. The van der Waals surface area contributed by atoms with Crippen molar-refractivity contribution in [2.24, 2.45) is 0 Å². The van der Waals surface area contributed by atoms with Crippen molar-refractivity contribution in [3.63, 3.8) is 0 Å². The van der Waals surface area contributed by atoms with Crippen molar-refractivity contribution >= 4 is 11.6 Å². The largest absolute Gasteiger partial charge is 0.394 e. The molecule has 1 aromatic rings. The highest BCUT2D eigenvalue weighted by atomic mass is 16.6. The number of ketones is 1. The minimum Gasteiger partial charge on any atom is -0.394 e. The molecule has 0 saturated carbocycles. The summed E-state index contributed by atoms with van der Waals surface area (Å²) in [5.74, 6) is -0.310. The number of aliphatic hydroxyl groups is 3. The first kappa shape index (κ1) is 14.6. The summed E-state index contributed by atoms with van der Waals surface area (Å²) in [5.41, 5.74) is -0.563. The highest BCUT2D eigenvalue weighted by Crippen LogP contribution is 2.23. The van der Waals surface area contributed by atoms with Gasteiger partial charge in [-0.2, -0.15) is 0 Å². The van der Waals surface area contributed by atoms with E-state index < -0.39 is 36.8 Å². The maximum Gasteiger partial charge on any atom is 0.346 e. The number of hydrogen-bond donors (Lipinski definition) is 5. The number of nitrogens with zero attached hydrogens (tertiary/aromatic N) is 1. The van der Waals surface area contributed by atoms with E-state index >= 15 is 0 Å². The van der Waals surface area contributed by atoms with E-state index in [2.05, 4.69) is 15.3 Å². The standard InChI is InChI=1S/C11H15N3O6/c1-4(16)5-2-12-11(19)14-9(5)13-10-8(18)7(17)6(3-15)20-10/h2,6-8,10,15,17-18H,3H2,1H3,(H2,12,13,14,19)/t6-,7+,8-,10-/m1/s1. The second-order valence-electron chi connectivity index (χ2n) is 4.44. The Morgan fingerprint density at radius 2 is 2.20 bits per heavy atom. The van der Waals surface area contributed by atoms with E-state index in [0.717, 1.165) is 6.20 Å². The van der Waals surface area contributed by atoms with Crippen LogP contribution in [0.3, 0.4) is 0 Å². The zero-order valence-corrected chi connectivity index (χ0v) is 10.6. The predicted octanol–water partition coefficient (Wildman–Crippen LogP) is -2.18. The second-order valence-corrected chi connectivity index (χ2v) is 4.44. The number of rotatable bonds is 4. The molecule has 9 heteroatoms. The molecule has 1 aromatic heterocycles. The topological polar surface area (TPSA) is 145 Å². The van der Waals surface area contributed by atoms with Crippen molar-refractivity contribution in [2.75, 3.05) is 11.9 Å². The van der Waals surface area contributed by atoms with Crippen molar-refractivity contribution in [2.45, 2.75) is 31.5 Å². The molecular weight excluding hydrogens is 270 g/mol. The van der Waals surface area contributed by atoms with Crippen LogP contribution in [-0.4, -0.2) is 62.2 Å². The van der Waals surface area contributed by atoms with E-state index in [0.29, 0.717) is 0 Å². The summed E-state index contributed by atoms with van der Waals surface area (Å²) in [5, 5.41) is 31.0. The van der Waals surface area contributed by atoms with Gasteiger partial charge in [0, 0.05) is 6.20 Å². The van der Waals surface area contributed by atoms with Crippen molar-refractivity contribution in [1.82, 2.24) is 9.97 Å². The molecule has 20 heavy (non-hydrogen) atoms. The minimum absolute atomic E-state index is 0.0346. The van der Waals surface area contributed by atoms with Gasteiger partial charge in [0.2, 0.25) is 0 Å². The molecule has 110 valence electrons. The number of H-pyrrole nitrogens is 1. The molecule has 0 spiro atoms. The van der Waals surface area contributed by atoms with Gasteiger partial charge in [0.25, 0.3) is 0 Å². The summed E-state index contributed by atoms with van der Waals surface area (Å²) in [6.07, 6.45) is -3.50. The van der Waals surface area contributed by atoms with Gasteiger partial charge in [0.1, 0.15) is 24.1 Å². The predicted molar refractivity (Wildman–Crippen MR) is 66.2 cm³/mol. The van der Waals surface area contributed by atoms with Gasteiger partial charge in [0.15, 0.2) is 12.0 Å². The number of carbonyl (C=O) groups excluding carboxylic acids is 1. The maximum atomic E-state index is 11.4. The highest BCUT2D eigenvalue weighted by Gasteiger charge is 2.42. The Kier molecular flexibility index (Phi) is 4.14. The third-order valence-corrected chi connectivity index (χ3v) is 3.02. The lowest BCUT2D eigenvalue weighted by atomic mass is 10.1. The maximum absolute atomic E-state index is 11.4. The lowest BCUT2D eigenvalue weighted by molar-refractivity contribution is -0.0154. The van der Waals surface area contributed by atoms with Gasteiger partial charge in [-0.1, -0.05) is 0 Å². The number of ether oxygens (including phenoxy) is 1. The first-order valence-electron chi connectivity index (χ1n) is 5.93. The Morgan fingerprint density at radius 3 is 2.75 bits per heavy atom. The smallest absolute Gasteiger partial charge is 0.346 e. The van der Waals surface area contributed by atoms with Crippen LogP contribution in [0, 0.1) is 0 Å². The minimum atomic E-state index is -1.32. The van der Waals surface area contributed by atoms with Gasteiger partial charge in [-0.15, -0.1) is 0 Å². The first-order chi connectivity index (χ1) is 9.43. The molecule has 0 amide bonds. The molecule has 4 atom stereocenters. The highest BCUT2D eigenvalue weighted by molar-refractivity contribution is 5.98. The lowest BCUT2D eigenvalue weighted by Crippen LogP contribution is -2.37. The van der Waals surface area contributed by atoms with Crippen LogP contribution in [0.15, 0.2) is 11.0 Å². The summed E-state index contributed by atoms with van der Waals surface area (Å²) in [6, 6.07) is 0. The molecule has 1 aliphatic rings. The monoisotopic (exact) mass is 285 g/mol. The molecule has 5 N–H and O–H groups in total. The van der Waals surface area contributed by atoms with Crippen LogP contribution in [0.5, 0.6) is 0 Å². The molecule has 0 bridgehead atoms. The Labute approximate surface area is 113 Å². The number of aliphatic hydroxyl groups excluding tert-OH is 3. The molecule has 9 nitrogen and oxygen atoms in total. The molecule has 2 heterocycles. The zero-order chi connectivity index (χ0) is 14.9. The van der Waals surface area contributed by atoms with E-state index in [-0.39, 0.29) is 17.2 Å². The van der Waals surface area contributed by atoms with Gasteiger partial charge in [0.05, 0.1) is 12.2 Å². The molecule has 1 saturated heterocycles. The number of carbonyl (C=O) groups is 1. The third kappa shape index (κ3) is 2.70. The van der Waals surface area contributed by atoms with Crippen molar-refractivity contribution in [3.8, 4) is 0 Å². The molecule has 2 rings (SSSR count). The average molecular weight is 285 g/mol. The van der Waals surface area contributed by atoms with Crippen molar-refractivity contribution in [3.05, 3.63) is 22.2 Å². The van der Waals surface area contributed by atoms with Gasteiger partial charge < -0.3 is 25.4 Å². The molecule has 0 unspecified atom stereocenters. The fourth-order valence-electron chi connectivity index (χ4n) is 1.94. The van der Waals surface area contributed by atoms with E-state index in [9.17, 15) is 19.8 Å². The van der Waals surface area contributed by atoms with Crippen LogP contribution in [0.1, 0.15) is 17.3 Å².